The van der Waals surface area contributed by atoms with Gasteiger partial charge in [0.1, 0.15) is 11.5 Å². The van der Waals surface area contributed by atoms with Gasteiger partial charge in [-0.3, -0.25) is 0 Å². The highest BCUT2D eigenvalue weighted by molar-refractivity contribution is 5.78. The van der Waals surface area contributed by atoms with Gasteiger partial charge in [-0.2, -0.15) is 0 Å². The van der Waals surface area contributed by atoms with Crippen molar-refractivity contribution in [3.63, 3.8) is 0 Å². The number of hydrogen-bond donors (Lipinski definition) is 1. The molecule has 2 rings (SSSR count). The number of carbonyl (C=O) groups is 1. The molecule has 8 heteroatoms. The summed E-state index contributed by atoms with van der Waals surface area (Å²) in [5, 5.41) is 2.80. The van der Waals surface area contributed by atoms with Crippen molar-refractivity contribution < 1.29 is 32.2 Å². The van der Waals surface area contributed by atoms with Crippen molar-refractivity contribution in [2.75, 3.05) is 18.5 Å². The first-order valence-electron chi connectivity index (χ1n) is 5.86. The van der Waals surface area contributed by atoms with Crippen LogP contribution in [0.3, 0.4) is 0 Å². The number of carbonyl (C=O) groups excluding carboxylic acids is 1. The molecule has 0 aliphatic carbocycles. The Hall–Kier alpha value is -2.12. The van der Waals surface area contributed by atoms with Gasteiger partial charge in [-0.05, 0) is 19.1 Å². The number of fused-ring (bicyclic) bond motifs is 1. The molecule has 1 unspecified atom stereocenters. The SMILES string of the molecule is CCOC(=O)C1CNc2cc(OC(F)(F)F)ccc2O1. The van der Waals surface area contributed by atoms with E-state index in [0.717, 1.165) is 12.1 Å². The van der Waals surface area contributed by atoms with Crippen molar-refractivity contribution in [1.29, 1.82) is 0 Å². The van der Waals surface area contributed by atoms with E-state index < -0.39 is 18.4 Å². The Morgan fingerprint density at radius 2 is 2.25 bits per heavy atom. The standard InChI is InChI=1S/C12H12F3NO4/c1-2-18-11(17)10-6-16-8-5-7(20-12(13,14)15)3-4-9(8)19-10/h3-5,10,16H,2,6H2,1H3. The van der Waals surface area contributed by atoms with E-state index in [1.165, 1.54) is 6.07 Å². The molecule has 5 nitrogen and oxygen atoms in total. The third-order valence-electron chi connectivity index (χ3n) is 2.48. The second-order valence-electron chi connectivity index (χ2n) is 3.95. The van der Waals surface area contributed by atoms with Crippen LogP contribution in [-0.4, -0.2) is 31.6 Å². The number of nitrogens with one attached hydrogen (secondary N) is 1. The van der Waals surface area contributed by atoms with Crippen LogP contribution in [0, 0.1) is 0 Å². The highest BCUT2D eigenvalue weighted by Gasteiger charge is 2.32. The Bertz CT molecular complexity index is 504. The molecule has 20 heavy (non-hydrogen) atoms. The molecule has 1 heterocycles. The van der Waals surface area contributed by atoms with Gasteiger partial charge in [-0.1, -0.05) is 0 Å². The van der Waals surface area contributed by atoms with Crippen LogP contribution in [-0.2, 0) is 9.53 Å². The molecule has 1 aliphatic heterocycles. The molecule has 0 spiro atoms. The lowest BCUT2D eigenvalue weighted by Gasteiger charge is -2.26. The largest absolute Gasteiger partial charge is 0.573 e. The summed E-state index contributed by atoms with van der Waals surface area (Å²) in [5.41, 5.74) is 0.326. The molecule has 110 valence electrons. The summed E-state index contributed by atoms with van der Waals surface area (Å²) < 4.78 is 50.2. The predicted molar refractivity (Wildman–Crippen MR) is 62.7 cm³/mol. The first-order valence-corrected chi connectivity index (χ1v) is 5.86. The Morgan fingerprint density at radius 1 is 1.50 bits per heavy atom. The fraction of sp³-hybridized carbons (Fsp3) is 0.417. The van der Waals surface area contributed by atoms with Crippen LogP contribution >= 0.6 is 0 Å². The lowest BCUT2D eigenvalue weighted by molar-refractivity contribution is -0.274. The van der Waals surface area contributed by atoms with E-state index in [1.807, 2.05) is 0 Å². The van der Waals surface area contributed by atoms with E-state index in [0.29, 0.717) is 5.69 Å². The van der Waals surface area contributed by atoms with Crippen molar-refractivity contribution in [2.45, 2.75) is 19.4 Å². The van der Waals surface area contributed by atoms with Crippen LogP contribution in [0.1, 0.15) is 6.92 Å². The Morgan fingerprint density at radius 3 is 2.90 bits per heavy atom. The van der Waals surface area contributed by atoms with Crippen LogP contribution in [0.5, 0.6) is 11.5 Å². The summed E-state index contributed by atoms with van der Waals surface area (Å²) in [5.74, 6) is -0.618. The van der Waals surface area contributed by atoms with Gasteiger partial charge in [0.05, 0.1) is 18.8 Å². The van der Waals surface area contributed by atoms with E-state index in [2.05, 4.69) is 10.1 Å². The van der Waals surface area contributed by atoms with Gasteiger partial charge >= 0.3 is 12.3 Å². The van der Waals surface area contributed by atoms with E-state index in [-0.39, 0.29) is 24.7 Å². The molecule has 0 amide bonds. The van der Waals surface area contributed by atoms with Crippen molar-refractivity contribution in [3.05, 3.63) is 18.2 Å². The number of alkyl halides is 3. The predicted octanol–water partition coefficient (Wildman–Crippen LogP) is 2.32. The maximum absolute atomic E-state index is 12.1. The van der Waals surface area contributed by atoms with E-state index >= 15 is 0 Å². The minimum absolute atomic E-state index is 0.112. The molecule has 0 radical (unpaired) electrons. The zero-order valence-corrected chi connectivity index (χ0v) is 10.5. The molecular weight excluding hydrogens is 279 g/mol. The lowest BCUT2D eigenvalue weighted by Crippen LogP contribution is -2.38. The number of rotatable bonds is 3. The highest BCUT2D eigenvalue weighted by Crippen LogP contribution is 2.34. The highest BCUT2D eigenvalue weighted by atomic mass is 19.4. The average Bonchev–Trinajstić information content (AvgIpc) is 2.36. The van der Waals surface area contributed by atoms with Crippen molar-refractivity contribution in [2.24, 2.45) is 0 Å². The maximum Gasteiger partial charge on any atom is 0.573 e. The first-order chi connectivity index (χ1) is 9.39. The lowest BCUT2D eigenvalue weighted by atomic mass is 10.2. The van der Waals surface area contributed by atoms with Gasteiger partial charge in [-0.25, -0.2) is 4.79 Å². The molecule has 1 N–H and O–H groups in total. The molecule has 1 atom stereocenters. The second kappa shape index (κ2) is 5.48. The zero-order valence-electron chi connectivity index (χ0n) is 10.5. The summed E-state index contributed by atoms with van der Waals surface area (Å²) in [6, 6.07) is 3.57. The number of anilines is 1. The van der Waals surface area contributed by atoms with Crippen LogP contribution in [0.4, 0.5) is 18.9 Å². The van der Waals surface area contributed by atoms with E-state index in [4.69, 9.17) is 9.47 Å². The Kier molecular flexibility index (Phi) is 3.91. The van der Waals surface area contributed by atoms with Gasteiger partial charge in [-0.15, -0.1) is 13.2 Å². The maximum atomic E-state index is 12.1. The quantitative estimate of drug-likeness (QED) is 0.866. The summed E-state index contributed by atoms with van der Waals surface area (Å²) in [4.78, 5) is 11.5. The molecule has 0 fully saturated rings. The molecule has 1 aliphatic rings. The van der Waals surface area contributed by atoms with Crippen molar-refractivity contribution >= 4 is 11.7 Å². The second-order valence-corrected chi connectivity index (χ2v) is 3.95. The van der Waals surface area contributed by atoms with Crippen LogP contribution in [0.15, 0.2) is 18.2 Å². The van der Waals surface area contributed by atoms with Gasteiger partial charge in [0.2, 0.25) is 6.10 Å². The molecule has 1 aromatic rings. The third kappa shape index (κ3) is 3.46. The average molecular weight is 291 g/mol. The monoisotopic (exact) mass is 291 g/mol. The molecular formula is C12H12F3NO4. The van der Waals surface area contributed by atoms with Crippen LogP contribution in [0.2, 0.25) is 0 Å². The minimum atomic E-state index is -4.75. The summed E-state index contributed by atoms with van der Waals surface area (Å²) in [6.45, 7) is 2.01. The van der Waals surface area contributed by atoms with Crippen molar-refractivity contribution in [1.82, 2.24) is 0 Å². The van der Waals surface area contributed by atoms with Crippen LogP contribution < -0.4 is 14.8 Å². The van der Waals surface area contributed by atoms with E-state index in [9.17, 15) is 18.0 Å². The molecule has 0 saturated carbocycles. The normalized spacial score (nSPS) is 17.5. The van der Waals surface area contributed by atoms with Gasteiger partial charge in [0.25, 0.3) is 0 Å². The first kappa shape index (κ1) is 14.3. The fourth-order valence-corrected chi connectivity index (χ4v) is 1.71. The molecule has 1 aromatic carbocycles. The molecule has 0 aromatic heterocycles. The Labute approximate surface area is 112 Å². The Balaban J connectivity index is 2.09. The topological polar surface area (TPSA) is 56.8 Å². The van der Waals surface area contributed by atoms with Gasteiger partial charge in [0, 0.05) is 6.07 Å². The number of hydrogen-bond acceptors (Lipinski definition) is 5. The molecule has 0 saturated heterocycles. The van der Waals surface area contributed by atoms with Crippen molar-refractivity contribution in [3.8, 4) is 11.5 Å². The summed E-state index contributed by atoms with van der Waals surface area (Å²) in [7, 11) is 0. The number of ether oxygens (including phenoxy) is 3. The molecule has 0 bridgehead atoms. The summed E-state index contributed by atoms with van der Waals surface area (Å²) in [6.07, 6.45) is -5.58. The zero-order chi connectivity index (χ0) is 14.8. The van der Waals surface area contributed by atoms with Gasteiger partial charge in [0.15, 0.2) is 0 Å². The number of benzene rings is 1. The van der Waals surface area contributed by atoms with Gasteiger partial charge < -0.3 is 19.5 Å². The number of halogens is 3. The fourth-order valence-electron chi connectivity index (χ4n) is 1.71. The van der Waals surface area contributed by atoms with Crippen LogP contribution in [0.25, 0.3) is 0 Å². The summed E-state index contributed by atoms with van der Waals surface area (Å²) >= 11 is 0. The smallest absolute Gasteiger partial charge is 0.475 e. The van der Waals surface area contributed by atoms with E-state index in [1.54, 1.807) is 6.92 Å². The third-order valence-corrected chi connectivity index (χ3v) is 2.48. The number of esters is 1. The minimum Gasteiger partial charge on any atom is -0.475 e.